The minimum Gasteiger partial charge on any atom is -0.314 e. The highest BCUT2D eigenvalue weighted by atomic mass is 32.2. The van der Waals surface area contributed by atoms with Gasteiger partial charge in [0.15, 0.2) is 0 Å². The molecule has 0 saturated heterocycles. The van der Waals surface area contributed by atoms with Gasteiger partial charge in [-0.25, -0.2) is 0 Å². The molecule has 0 heterocycles. The molecule has 1 aliphatic rings. The smallest absolute Gasteiger partial charge is 0.0108 e. The van der Waals surface area contributed by atoms with Crippen LogP contribution in [0.4, 0.5) is 0 Å². The lowest BCUT2D eigenvalue weighted by Crippen LogP contribution is -2.46. The Hall–Kier alpha value is 0.270. The van der Waals surface area contributed by atoms with Crippen LogP contribution in [0, 0.1) is 11.8 Å². The van der Waals surface area contributed by atoms with Crippen molar-refractivity contribution in [2.24, 2.45) is 11.8 Å². The molecular weight excluding hydrogens is 264 g/mol. The molecule has 3 heteroatoms. The Kier molecular flexibility index (Phi) is 9.23. The maximum atomic E-state index is 3.80. The van der Waals surface area contributed by atoms with Crippen molar-refractivity contribution >= 4 is 11.8 Å². The van der Waals surface area contributed by atoms with Gasteiger partial charge in [0, 0.05) is 18.6 Å². The van der Waals surface area contributed by atoms with Crippen molar-refractivity contribution in [3.8, 4) is 0 Å². The number of nitrogens with zero attached hydrogens (tertiary/aromatic N) is 1. The van der Waals surface area contributed by atoms with Crippen LogP contribution in [-0.4, -0.2) is 49.1 Å². The number of thioether (sulfide) groups is 1. The van der Waals surface area contributed by atoms with Crippen molar-refractivity contribution in [1.82, 2.24) is 10.2 Å². The summed E-state index contributed by atoms with van der Waals surface area (Å²) < 4.78 is 0. The van der Waals surface area contributed by atoms with Crippen LogP contribution in [0.25, 0.3) is 0 Å². The highest BCUT2D eigenvalue weighted by Crippen LogP contribution is 2.30. The predicted octanol–water partition coefficient (Wildman–Crippen LogP) is 3.86. The summed E-state index contributed by atoms with van der Waals surface area (Å²) in [6, 6.07) is 1.47. The molecule has 0 amide bonds. The van der Waals surface area contributed by atoms with Crippen molar-refractivity contribution in [2.75, 3.05) is 32.1 Å². The van der Waals surface area contributed by atoms with E-state index in [1.165, 1.54) is 50.9 Å². The van der Waals surface area contributed by atoms with Crippen LogP contribution in [-0.2, 0) is 0 Å². The van der Waals surface area contributed by atoms with Crippen LogP contribution in [0.3, 0.4) is 0 Å². The van der Waals surface area contributed by atoms with E-state index in [9.17, 15) is 0 Å². The van der Waals surface area contributed by atoms with Gasteiger partial charge >= 0.3 is 0 Å². The highest BCUT2D eigenvalue weighted by Gasteiger charge is 2.29. The second kappa shape index (κ2) is 10.1. The second-order valence-electron chi connectivity index (χ2n) is 6.81. The average molecular weight is 301 g/mol. The van der Waals surface area contributed by atoms with Gasteiger partial charge in [0.25, 0.3) is 0 Å². The third kappa shape index (κ3) is 6.36. The maximum Gasteiger partial charge on any atom is 0.0108 e. The fourth-order valence-corrected chi connectivity index (χ4v) is 3.93. The summed E-state index contributed by atoms with van der Waals surface area (Å²) in [6.07, 6.45) is 8.95. The summed E-state index contributed by atoms with van der Waals surface area (Å²) >= 11 is 1.97. The van der Waals surface area contributed by atoms with Gasteiger partial charge < -0.3 is 10.2 Å². The van der Waals surface area contributed by atoms with Crippen molar-refractivity contribution < 1.29 is 0 Å². The summed E-state index contributed by atoms with van der Waals surface area (Å²) in [7, 11) is 2.32. The molecule has 0 aromatic carbocycles. The lowest BCUT2D eigenvalue weighted by molar-refractivity contribution is 0.138. The number of hydrogen-bond acceptors (Lipinski definition) is 3. The first-order valence-electron chi connectivity index (χ1n) is 8.51. The van der Waals surface area contributed by atoms with E-state index in [0.717, 1.165) is 17.9 Å². The van der Waals surface area contributed by atoms with Gasteiger partial charge in [-0.05, 0) is 76.5 Å². The topological polar surface area (TPSA) is 15.3 Å². The fourth-order valence-electron chi connectivity index (χ4n) is 3.36. The zero-order chi connectivity index (χ0) is 15.0. The normalized spacial score (nSPS) is 28.8. The molecule has 120 valence electrons. The average Bonchev–Trinajstić information content (AvgIpc) is 2.43. The molecule has 2 nitrogen and oxygen atoms in total. The van der Waals surface area contributed by atoms with Crippen LogP contribution < -0.4 is 5.32 Å². The standard InChI is InChI=1S/C17H36N2S/c1-6-10-18-17-8-7-14(2)12-16(17)13-19(4)15(3)9-11-20-5/h14-18H,6-13H2,1-5H3. The van der Waals surface area contributed by atoms with Gasteiger partial charge in [-0.3, -0.25) is 0 Å². The first-order chi connectivity index (χ1) is 9.58. The molecule has 0 bridgehead atoms. The Labute approximate surface area is 131 Å². The quantitative estimate of drug-likeness (QED) is 0.696. The Morgan fingerprint density at radius 2 is 2.10 bits per heavy atom. The van der Waals surface area contributed by atoms with Crippen LogP contribution in [0.2, 0.25) is 0 Å². The van der Waals surface area contributed by atoms with Gasteiger partial charge in [0.2, 0.25) is 0 Å². The number of nitrogens with one attached hydrogen (secondary N) is 1. The molecule has 0 aliphatic heterocycles. The van der Waals surface area contributed by atoms with E-state index in [1.807, 2.05) is 11.8 Å². The molecule has 4 unspecified atom stereocenters. The Balaban J connectivity index is 2.46. The minimum atomic E-state index is 0.714. The Bertz CT molecular complexity index is 245. The molecular formula is C17H36N2S. The van der Waals surface area contributed by atoms with Crippen LogP contribution in [0.5, 0.6) is 0 Å². The van der Waals surface area contributed by atoms with E-state index in [0.29, 0.717) is 6.04 Å². The monoisotopic (exact) mass is 300 g/mol. The van der Waals surface area contributed by atoms with Gasteiger partial charge in [0.05, 0.1) is 0 Å². The minimum absolute atomic E-state index is 0.714. The van der Waals surface area contributed by atoms with E-state index in [2.05, 4.69) is 44.3 Å². The number of rotatable bonds is 9. The largest absolute Gasteiger partial charge is 0.314 e. The molecule has 0 aromatic heterocycles. The molecule has 0 radical (unpaired) electrons. The third-order valence-electron chi connectivity index (χ3n) is 4.92. The Morgan fingerprint density at radius 1 is 1.35 bits per heavy atom. The van der Waals surface area contributed by atoms with E-state index >= 15 is 0 Å². The maximum absolute atomic E-state index is 3.80. The molecule has 1 N–H and O–H groups in total. The van der Waals surface area contributed by atoms with E-state index in [-0.39, 0.29) is 0 Å². The summed E-state index contributed by atoms with van der Waals surface area (Å²) in [5.74, 6) is 3.03. The van der Waals surface area contributed by atoms with E-state index in [1.54, 1.807) is 0 Å². The SMILES string of the molecule is CCCNC1CCC(C)CC1CN(C)C(C)CCSC. The molecule has 0 aromatic rings. The van der Waals surface area contributed by atoms with E-state index < -0.39 is 0 Å². The fraction of sp³-hybridized carbons (Fsp3) is 1.00. The lowest BCUT2D eigenvalue weighted by Gasteiger charge is -2.39. The van der Waals surface area contributed by atoms with E-state index in [4.69, 9.17) is 0 Å². The molecule has 0 spiro atoms. The zero-order valence-electron chi connectivity index (χ0n) is 14.3. The molecule has 1 rings (SSSR count). The summed E-state index contributed by atoms with van der Waals surface area (Å²) in [5, 5.41) is 3.80. The molecule has 1 saturated carbocycles. The van der Waals surface area contributed by atoms with Crippen molar-refractivity contribution in [2.45, 2.75) is 65.0 Å². The Morgan fingerprint density at radius 3 is 2.75 bits per heavy atom. The number of hydrogen-bond donors (Lipinski definition) is 1. The van der Waals surface area contributed by atoms with Gasteiger partial charge in [-0.1, -0.05) is 13.8 Å². The molecule has 20 heavy (non-hydrogen) atoms. The summed E-state index contributed by atoms with van der Waals surface area (Å²) in [4.78, 5) is 2.60. The molecule has 1 fully saturated rings. The highest BCUT2D eigenvalue weighted by molar-refractivity contribution is 7.98. The van der Waals surface area contributed by atoms with Gasteiger partial charge in [-0.2, -0.15) is 11.8 Å². The van der Waals surface area contributed by atoms with Crippen molar-refractivity contribution in [1.29, 1.82) is 0 Å². The first kappa shape index (κ1) is 18.3. The van der Waals surface area contributed by atoms with Crippen LogP contribution in [0.15, 0.2) is 0 Å². The summed E-state index contributed by atoms with van der Waals surface area (Å²) in [5.41, 5.74) is 0. The first-order valence-corrected chi connectivity index (χ1v) is 9.90. The van der Waals surface area contributed by atoms with Gasteiger partial charge in [0.1, 0.15) is 0 Å². The van der Waals surface area contributed by atoms with Gasteiger partial charge in [-0.15, -0.1) is 0 Å². The zero-order valence-corrected chi connectivity index (χ0v) is 15.1. The van der Waals surface area contributed by atoms with Crippen LogP contribution >= 0.6 is 11.8 Å². The van der Waals surface area contributed by atoms with Crippen molar-refractivity contribution in [3.05, 3.63) is 0 Å². The molecule has 4 atom stereocenters. The summed E-state index contributed by atoms with van der Waals surface area (Å²) in [6.45, 7) is 9.53. The van der Waals surface area contributed by atoms with Crippen LogP contribution in [0.1, 0.15) is 52.9 Å². The predicted molar refractivity (Wildman–Crippen MR) is 93.7 cm³/mol. The lowest BCUT2D eigenvalue weighted by atomic mass is 9.78. The second-order valence-corrected chi connectivity index (χ2v) is 7.79. The van der Waals surface area contributed by atoms with Crippen molar-refractivity contribution in [3.63, 3.8) is 0 Å². The third-order valence-corrected chi connectivity index (χ3v) is 5.56. The molecule has 1 aliphatic carbocycles.